The molecule has 3 aromatic rings. The minimum absolute atomic E-state index is 0.0238. The Bertz CT molecular complexity index is 1320. The Morgan fingerprint density at radius 3 is 2.46 bits per heavy atom. The van der Waals surface area contributed by atoms with Gasteiger partial charge in [-0.2, -0.15) is 5.10 Å². The number of benzene rings is 3. The number of ether oxygens (including phenoxy) is 4. The molecular weight excluding hydrogens is 516 g/mol. The van der Waals surface area contributed by atoms with Gasteiger partial charge < -0.3 is 24.1 Å². The van der Waals surface area contributed by atoms with Crippen LogP contribution < -0.4 is 18.9 Å². The number of halogens is 1. The van der Waals surface area contributed by atoms with Crippen molar-refractivity contribution in [3.8, 4) is 23.0 Å². The van der Waals surface area contributed by atoms with Crippen LogP contribution in [-0.4, -0.2) is 43.1 Å². The minimum Gasteiger partial charge on any atom is -0.497 e. The number of fused-ring (bicyclic) bond motifs is 3. The first-order chi connectivity index (χ1) is 16.9. The summed E-state index contributed by atoms with van der Waals surface area (Å²) in [6.07, 6.45) is -0.152. The summed E-state index contributed by atoms with van der Waals surface area (Å²) in [5.74, 6) is 0.761. The molecule has 35 heavy (non-hydrogen) atoms. The summed E-state index contributed by atoms with van der Waals surface area (Å²) in [6, 6.07) is 16.7. The molecule has 0 amide bonds. The molecule has 0 fully saturated rings. The number of hydrogen-bond donors (Lipinski definition) is 1. The number of aromatic carboxylic acids is 1. The largest absolute Gasteiger partial charge is 0.497 e. The predicted octanol–water partition coefficient (Wildman–Crippen LogP) is 5.42. The zero-order valence-electron chi connectivity index (χ0n) is 19.3. The Morgan fingerprint density at radius 1 is 1.03 bits per heavy atom. The predicted molar refractivity (Wildman–Crippen MR) is 133 cm³/mol. The number of hydrogen-bond acceptors (Lipinski definition) is 7. The van der Waals surface area contributed by atoms with Crippen molar-refractivity contribution >= 4 is 27.6 Å². The fourth-order valence-electron chi connectivity index (χ4n) is 4.59. The van der Waals surface area contributed by atoms with E-state index in [1.165, 1.54) is 14.2 Å². The molecular formula is C26H23BrN2O6. The summed E-state index contributed by atoms with van der Waals surface area (Å²) < 4.78 is 23.4. The topological polar surface area (TPSA) is 89.8 Å². The summed E-state index contributed by atoms with van der Waals surface area (Å²) in [5, 5.41) is 16.9. The fourth-order valence-corrected chi connectivity index (χ4v) is 4.97. The van der Waals surface area contributed by atoms with E-state index in [0.717, 1.165) is 27.1 Å². The van der Waals surface area contributed by atoms with E-state index >= 15 is 0 Å². The maximum atomic E-state index is 12.4. The van der Waals surface area contributed by atoms with Crippen molar-refractivity contribution in [1.29, 1.82) is 0 Å². The van der Waals surface area contributed by atoms with Gasteiger partial charge in [0.1, 0.15) is 17.1 Å². The lowest BCUT2D eigenvalue weighted by molar-refractivity contribution is -0.0199. The van der Waals surface area contributed by atoms with Crippen molar-refractivity contribution in [2.75, 3.05) is 21.3 Å². The maximum Gasteiger partial charge on any atom is 0.340 e. The van der Waals surface area contributed by atoms with Crippen molar-refractivity contribution in [3.05, 3.63) is 81.3 Å². The highest BCUT2D eigenvalue weighted by Crippen LogP contribution is 2.50. The highest BCUT2D eigenvalue weighted by molar-refractivity contribution is 9.10. The molecule has 0 unspecified atom stereocenters. The summed E-state index contributed by atoms with van der Waals surface area (Å²) in [4.78, 5) is 12.4. The van der Waals surface area contributed by atoms with Crippen LogP contribution in [0, 0.1) is 0 Å². The molecule has 2 aliphatic rings. The van der Waals surface area contributed by atoms with Gasteiger partial charge in [-0.05, 0) is 60.2 Å². The van der Waals surface area contributed by atoms with Gasteiger partial charge in [0, 0.05) is 22.0 Å². The molecule has 0 bridgehead atoms. The maximum absolute atomic E-state index is 12.4. The first-order valence-electron chi connectivity index (χ1n) is 10.9. The highest BCUT2D eigenvalue weighted by atomic mass is 79.9. The number of nitrogens with zero attached hydrogens (tertiary/aromatic N) is 2. The van der Waals surface area contributed by atoms with Gasteiger partial charge in [0.2, 0.25) is 6.23 Å². The molecule has 0 saturated heterocycles. The van der Waals surface area contributed by atoms with E-state index in [1.807, 2.05) is 47.5 Å². The average molecular weight is 539 g/mol. The Kier molecular flexibility index (Phi) is 6.02. The van der Waals surface area contributed by atoms with Gasteiger partial charge in [-0.15, -0.1) is 0 Å². The van der Waals surface area contributed by atoms with E-state index in [9.17, 15) is 9.90 Å². The summed E-state index contributed by atoms with van der Waals surface area (Å²) in [6.45, 7) is 0. The van der Waals surface area contributed by atoms with Gasteiger partial charge in [0.15, 0.2) is 11.5 Å². The van der Waals surface area contributed by atoms with Gasteiger partial charge in [-0.1, -0.05) is 15.9 Å². The Hall–Kier alpha value is -3.72. The molecule has 3 aromatic carbocycles. The minimum atomic E-state index is -1.14. The Morgan fingerprint density at radius 2 is 1.80 bits per heavy atom. The first kappa shape index (κ1) is 23.0. The van der Waals surface area contributed by atoms with Crippen molar-refractivity contribution in [2.24, 2.45) is 5.10 Å². The summed E-state index contributed by atoms with van der Waals surface area (Å²) >= 11 is 3.56. The SMILES string of the molecule is COc1ccc(C2=NN3[C@H](C2)c2cc(Br)ccc2O[C@H]3c2ccc(OC)c(OC)c2C(=O)O)cc1. The van der Waals surface area contributed by atoms with Gasteiger partial charge in [0.25, 0.3) is 0 Å². The summed E-state index contributed by atoms with van der Waals surface area (Å²) in [7, 11) is 4.51. The number of hydrazone groups is 1. The molecule has 180 valence electrons. The monoisotopic (exact) mass is 538 g/mol. The third-order valence-electron chi connectivity index (χ3n) is 6.23. The average Bonchev–Trinajstić information content (AvgIpc) is 3.33. The van der Waals surface area contributed by atoms with Gasteiger partial charge >= 0.3 is 5.97 Å². The fraction of sp³-hybridized carbons (Fsp3) is 0.231. The molecule has 5 rings (SSSR count). The van der Waals surface area contributed by atoms with Crippen LogP contribution in [0.1, 0.15) is 45.7 Å². The van der Waals surface area contributed by atoms with Crippen LogP contribution in [0.25, 0.3) is 0 Å². The zero-order chi connectivity index (χ0) is 24.7. The standard InChI is InChI=1S/C26H23BrN2O6/c1-32-16-7-4-14(5-8-16)19-13-20-18-12-15(27)6-10-21(18)35-25(29(20)28-19)17-9-11-22(33-2)24(34-3)23(17)26(30)31/h4-12,20,25H,13H2,1-3H3,(H,30,31)/t20-,25+/m1/s1. The smallest absolute Gasteiger partial charge is 0.340 e. The van der Waals surface area contributed by atoms with Crippen LogP contribution in [0.15, 0.2) is 64.2 Å². The number of carbonyl (C=O) groups is 1. The van der Waals surface area contributed by atoms with Crippen LogP contribution in [0.2, 0.25) is 0 Å². The van der Waals surface area contributed by atoms with E-state index in [4.69, 9.17) is 24.0 Å². The molecule has 2 atom stereocenters. The first-order valence-corrected chi connectivity index (χ1v) is 11.7. The number of methoxy groups -OCH3 is 3. The second kappa shape index (κ2) is 9.14. The van der Waals surface area contributed by atoms with E-state index < -0.39 is 12.2 Å². The van der Waals surface area contributed by atoms with Gasteiger partial charge in [-0.25, -0.2) is 9.80 Å². The van der Waals surface area contributed by atoms with E-state index in [0.29, 0.717) is 23.5 Å². The number of carboxylic acids is 1. The molecule has 0 radical (unpaired) electrons. The number of carboxylic acid groups (broad SMARTS) is 1. The second-order valence-electron chi connectivity index (χ2n) is 8.10. The molecule has 9 heteroatoms. The van der Waals surface area contributed by atoms with Crippen molar-refractivity contribution in [2.45, 2.75) is 18.7 Å². The van der Waals surface area contributed by atoms with Crippen molar-refractivity contribution in [3.63, 3.8) is 0 Å². The molecule has 0 saturated carbocycles. The molecule has 8 nitrogen and oxygen atoms in total. The lowest BCUT2D eigenvalue weighted by Crippen LogP contribution is -2.34. The van der Waals surface area contributed by atoms with Gasteiger partial charge in [-0.3, -0.25) is 0 Å². The van der Waals surface area contributed by atoms with Gasteiger partial charge in [0.05, 0.1) is 33.1 Å². The normalized spacial score (nSPS) is 18.2. The number of rotatable bonds is 6. The third-order valence-corrected chi connectivity index (χ3v) is 6.73. The van der Waals surface area contributed by atoms with E-state index in [1.54, 1.807) is 19.2 Å². The lowest BCUT2D eigenvalue weighted by Gasteiger charge is -2.38. The summed E-state index contributed by atoms with van der Waals surface area (Å²) in [5.41, 5.74) is 3.20. The Labute approximate surface area is 210 Å². The molecule has 0 aromatic heterocycles. The van der Waals surface area contributed by atoms with E-state index in [2.05, 4.69) is 15.9 Å². The zero-order valence-corrected chi connectivity index (χ0v) is 20.9. The van der Waals surface area contributed by atoms with Crippen LogP contribution in [0.4, 0.5) is 0 Å². The second-order valence-corrected chi connectivity index (χ2v) is 9.01. The molecule has 2 heterocycles. The van der Waals surface area contributed by atoms with E-state index in [-0.39, 0.29) is 17.4 Å². The molecule has 0 spiro atoms. The van der Waals surface area contributed by atoms with Crippen LogP contribution in [0.3, 0.4) is 0 Å². The van der Waals surface area contributed by atoms with Crippen molar-refractivity contribution in [1.82, 2.24) is 5.01 Å². The lowest BCUT2D eigenvalue weighted by atomic mass is 9.95. The molecule has 1 N–H and O–H groups in total. The third kappa shape index (κ3) is 3.95. The molecule has 0 aliphatic carbocycles. The van der Waals surface area contributed by atoms with Crippen LogP contribution >= 0.6 is 15.9 Å². The quantitative estimate of drug-likeness (QED) is 0.448. The highest BCUT2D eigenvalue weighted by Gasteiger charge is 2.43. The van der Waals surface area contributed by atoms with Crippen molar-refractivity contribution < 1.29 is 28.8 Å². The molecule has 2 aliphatic heterocycles. The Balaban J connectivity index is 1.66. The van der Waals surface area contributed by atoms with Crippen LogP contribution in [-0.2, 0) is 0 Å². The van der Waals surface area contributed by atoms with Crippen LogP contribution in [0.5, 0.6) is 23.0 Å².